The number of hydrogen-bond donors (Lipinski definition) is 2. The fourth-order valence-electron chi connectivity index (χ4n) is 2.15. The van der Waals surface area contributed by atoms with Crippen LogP contribution < -0.4 is 5.32 Å². The van der Waals surface area contributed by atoms with Crippen molar-refractivity contribution in [3.05, 3.63) is 53.1 Å². The summed E-state index contributed by atoms with van der Waals surface area (Å²) in [5.74, 6) is -2.88. The molecule has 2 rings (SSSR count). The molecule has 1 aromatic carbocycles. The lowest BCUT2D eigenvalue weighted by atomic mass is 9.99. The van der Waals surface area contributed by atoms with E-state index in [0.717, 1.165) is 0 Å². The Morgan fingerprint density at radius 3 is 2.50 bits per heavy atom. The third kappa shape index (κ3) is 3.49. The molecule has 1 atom stereocenters. The second kappa shape index (κ2) is 6.38. The van der Waals surface area contributed by atoms with Crippen molar-refractivity contribution in [2.45, 2.75) is 12.8 Å². The van der Waals surface area contributed by atoms with Gasteiger partial charge in [0, 0.05) is 13.6 Å². The molecule has 0 bridgehead atoms. The molecule has 0 aliphatic heterocycles. The van der Waals surface area contributed by atoms with E-state index in [1.165, 1.54) is 28.9 Å². The van der Waals surface area contributed by atoms with Crippen LogP contribution in [0.3, 0.4) is 0 Å². The number of carbonyl (C=O) groups excluding carboxylic acids is 1. The number of nitrogens with one attached hydrogen (secondary N) is 1. The van der Waals surface area contributed by atoms with Crippen LogP contribution in [0.4, 0.5) is 4.39 Å². The Morgan fingerprint density at radius 1 is 1.36 bits per heavy atom. The molecule has 0 saturated carbocycles. The monoisotopic (exact) mass is 305 g/mol. The number of halogens is 1. The van der Waals surface area contributed by atoms with Gasteiger partial charge in [0.2, 0.25) is 0 Å². The molecule has 7 heteroatoms. The molecule has 116 valence electrons. The lowest BCUT2D eigenvalue weighted by Gasteiger charge is -2.14. The van der Waals surface area contributed by atoms with E-state index in [0.29, 0.717) is 17.0 Å². The lowest BCUT2D eigenvalue weighted by molar-refractivity contribution is -0.138. The van der Waals surface area contributed by atoms with E-state index in [1.54, 1.807) is 20.0 Å². The molecule has 2 aromatic rings. The highest BCUT2D eigenvalue weighted by molar-refractivity contribution is 5.93. The number of hydrogen-bond acceptors (Lipinski definition) is 3. The third-order valence-corrected chi connectivity index (χ3v) is 3.27. The maximum Gasteiger partial charge on any atom is 0.312 e. The topological polar surface area (TPSA) is 84.2 Å². The molecule has 0 radical (unpaired) electrons. The van der Waals surface area contributed by atoms with Crippen LogP contribution in [0.5, 0.6) is 0 Å². The number of aromatic nitrogens is 2. The molecule has 0 spiro atoms. The number of amides is 1. The highest BCUT2D eigenvalue weighted by Crippen LogP contribution is 2.16. The Kier molecular flexibility index (Phi) is 4.55. The minimum Gasteiger partial charge on any atom is -0.481 e. The summed E-state index contributed by atoms with van der Waals surface area (Å²) in [7, 11) is 1.64. The zero-order valence-corrected chi connectivity index (χ0v) is 12.2. The Balaban J connectivity index is 2.09. The van der Waals surface area contributed by atoms with Crippen LogP contribution >= 0.6 is 0 Å². The molecule has 1 amide bonds. The number of nitrogens with zero attached hydrogens (tertiary/aromatic N) is 2. The van der Waals surface area contributed by atoms with Crippen molar-refractivity contribution in [1.29, 1.82) is 0 Å². The molecule has 1 heterocycles. The number of carboxylic acid groups (broad SMARTS) is 1. The van der Waals surface area contributed by atoms with Crippen molar-refractivity contribution in [3.8, 4) is 0 Å². The first-order chi connectivity index (χ1) is 10.4. The van der Waals surface area contributed by atoms with E-state index >= 15 is 0 Å². The number of aliphatic carboxylic acids is 1. The van der Waals surface area contributed by atoms with Crippen LogP contribution in [0, 0.1) is 12.7 Å². The van der Waals surface area contributed by atoms with Gasteiger partial charge in [-0.05, 0) is 30.7 Å². The van der Waals surface area contributed by atoms with Crippen molar-refractivity contribution >= 4 is 11.9 Å². The smallest absolute Gasteiger partial charge is 0.312 e. The van der Waals surface area contributed by atoms with Gasteiger partial charge >= 0.3 is 5.97 Å². The highest BCUT2D eigenvalue weighted by Gasteiger charge is 2.22. The normalized spacial score (nSPS) is 12.0. The Hall–Kier alpha value is -2.70. The van der Waals surface area contributed by atoms with Crippen molar-refractivity contribution in [2.24, 2.45) is 7.05 Å². The maximum atomic E-state index is 12.9. The molecule has 0 aliphatic rings. The Bertz CT molecular complexity index is 695. The number of rotatable bonds is 5. The van der Waals surface area contributed by atoms with E-state index in [4.69, 9.17) is 0 Å². The zero-order valence-electron chi connectivity index (χ0n) is 12.2. The second-order valence-electron chi connectivity index (χ2n) is 4.95. The van der Waals surface area contributed by atoms with E-state index in [1.807, 2.05) is 0 Å². The minimum absolute atomic E-state index is 0.0932. The predicted molar refractivity (Wildman–Crippen MR) is 77.1 cm³/mol. The van der Waals surface area contributed by atoms with Gasteiger partial charge < -0.3 is 10.4 Å². The van der Waals surface area contributed by atoms with Crippen LogP contribution in [0.15, 0.2) is 30.3 Å². The van der Waals surface area contributed by atoms with Gasteiger partial charge in [-0.2, -0.15) is 5.10 Å². The molecule has 2 N–H and O–H groups in total. The Morgan fingerprint density at radius 2 is 2.00 bits per heavy atom. The number of aryl methyl sites for hydroxylation is 2. The number of benzene rings is 1. The summed E-state index contributed by atoms with van der Waals surface area (Å²) in [5.41, 5.74) is 1.47. The number of carboxylic acids is 1. The summed E-state index contributed by atoms with van der Waals surface area (Å²) in [6.45, 7) is 1.67. The first-order valence-electron chi connectivity index (χ1n) is 6.65. The fraction of sp³-hybridized carbons (Fsp3) is 0.267. The molecule has 0 aliphatic carbocycles. The van der Waals surface area contributed by atoms with Crippen LogP contribution in [-0.2, 0) is 11.8 Å². The first-order valence-corrected chi connectivity index (χ1v) is 6.65. The van der Waals surface area contributed by atoms with Crippen LogP contribution in [-0.4, -0.2) is 33.3 Å². The van der Waals surface area contributed by atoms with Gasteiger partial charge in [0.25, 0.3) is 5.91 Å². The molecule has 1 aromatic heterocycles. The first kappa shape index (κ1) is 15.7. The Labute approximate surface area is 126 Å². The fourth-order valence-corrected chi connectivity index (χ4v) is 2.15. The quantitative estimate of drug-likeness (QED) is 0.876. The maximum absolute atomic E-state index is 12.9. The second-order valence-corrected chi connectivity index (χ2v) is 4.95. The average molecular weight is 305 g/mol. The zero-order chi connectivity index (χ0) is 16.3. The van der Waals surface area contributed by atoms with Crippen molar-refractivity contribution in [3.63, 3.8) is 0 Å². The summed E-state index contributed by atoms with van der Waals surface area (Å²) in [6, 6.07) is 6.79. The molecule has 22 heavy (non-hydrogen) atoms. The van der Waals surface area contributed by atoms with Crippen molar-refractivity contribution in [2.75, 3.05) is 6.54 Å². The highest BCUT2D eigenvalue weighted by atomic mass is 19.1. The van der Waals surface area contributed by atoms with E-state index in [9.17, 15) is 19.1 Å². The third-order valence-electron chi connectivity index (χ3n) is 3.27. The van der Waals surface area contributed by atoms with Gasteiger partial charge in [-0.15, -0.1) is 0 Å². The standard InChI is InChI=1S/C15H16FN3O3/c1-9-7-13(19(2)18-9)14(20)17-8-12(15(21)22)10-3-5-11(16)6-4-10/h3-7,12H,8H2,1-2H3,(H,17,20)(H,21,22). The SMILES string of the molecule is Cc1cc(C(=O)NCC(C(=O)O)c2ccc(F)cc2)n(C)n1. The summed E-state index contributed by atoms with van der Waals surface area (Å²) in [4.78, 5) is 23.4. The van der Waals surface area contributed by atoms with E-state index < -0.39 is 23.6 Å². The lowest BCUT2D eigenvalue weighted by Crippen LogP contribution is -2.32. The summed E-state index contributed by atoms with van der Waals surface area (Å²) in [6.07, 6.45) is 0. The van der Waals surface area contributed by atoms with Gasteiger partial charge in [-0.1, -0.05) is 12.1 Å². The predicted octanol–water partition coefficient (Wildman–Crippen LogP) is 1.47. The molecule has 1 unspecified atom stereocenters. The molecule has 0 saturated heterocycles. The van der Waals surface area contributed by atoms with Gasteiger partial charge in [0.05, 0.1) is 11.6 Å². The van der Waals surface area contributed by atoms with Gasteiger partial charge in [-0.3, -0.25) is 14.3 Å². The van der Waals surface area contributed by atoms with Crippen molar-refractivity contribution < 1.29 is 19.1 Å². The van der Waals surface area contributed by atoms with Gasteiger partial charge in [0.1, 0.15) is 11.5 Å². The van der Waals surface area contributed by atoms with E-state index in [2.05, 4.69) is 10.4 Å². The van der Waals surface area contributed by atoms with Gasteiger partial charge in [0.15, 0.2) is 0 Å². The molecular weight excluding hydrogens is 289 g/mol. The molecule has 6 nitrogen and oxygen atoms in total. The summed E-state index contributed by atoms with van der Waals surface area (Å²) < 4.78 is 14.3. The van der Waals surface area contributed by atoms with Crippen LogP contribution in [0.2, 0.25) is 0 Å². The summed E-state index contributed by atoms with van der Waals surface area (Å²) in [5, 5.41) is 15.9. The van der Waals surface area contributed by atoms with E-state index in [-0.39, 0.29) is 6.54 Å². The van der Waals surface area contributed by atoms with Crippen LogP contribution in [0.1, 0.15) is 27.7 Å². The molecular formula is C15H16FN3O3. The minimum atomic E-state index is -1.09. The largest absolute Gasteiger partial charge is 0.481 e. The molecule has 0 fully saturated rings. The number of carbonyl (C=O) groups is 2. The average Bonchev–Trinajstić information content (AvgIpc) is 2.79. The van der Waals surface area contributed by atoms with Crippen molar-refractivity contribution in [1.82, 2.24) is 15.1 Å². The summed E-state index contributed by atoms with van der Waals surface area (Å²) >= 11 is 0. The van der Waals surface area contributed by atoms with Gasteiger partial charge in [-0.25, -0.2) is 4.39 Å². The van der Waals surface area contributed by atoms with Crippen LogP contribution in [0.25, 0.3) is 0 Å².